The fraction of sp³-hybridized carbons (Fsp3) is 0.111. The van der Waals surface area contributed by atoms with Crippen LogP contribution >= 0.6 is 31.9 Å². The first-order valence-electron chi connectivity index (χ1n) is 7.04. The number of carbonyl (C=O) groups is 2. The quantitative estimate of drug-likeness (QED) is 0.475. The third-order valence-electron chi connectivity index (χ3n) is 3.01. The maximum absolute atomic E-state index is 11.6. The van der Waals surface area contributed by atoms with E-state index in [4.69, 9.17) is 9.47 Å². The van der Waals surface area contributed by atoms with Crippen molar-refractivity contribution in [1.29, 1.82) is 0 Å². The van der Waals surface area contributed by atoms with Gasteiger partial charge in [-0.25, -0.2) is 9.59 Å². The highest BCUT2D eigenvalue weighted by molar-refractivity contribution is 9.10. The smallest absolute Gasteiger partial charge is 0.331 e. The van der Waals surface area contributed by atoms with Gasteiger partial charge in [-0.2, -0.15) is 0 Å². The Morgan fingerprint density at radius 3 is 1.50 bits per heavy atom. The first-order chi connectivity index (χ1) is 11.6. The first-order valence-corrected chi connectivity index (χ1v) is 8.63. The zero-order valence-corrected chi connectivity index (χ0v) is 15.7. The number of esters is 2. The zero-order valence-electron chi connectivity index (χ0n) is 12.6. The van der Waals surface area contributed by atoms with Gasteiger partial charge >= 0.3 is 11.9 Å². The van der Waals surface area contributed by atoms with Gasteiger partial charge in [0.15, 0.2) is 0 Å². The summed E-state index contributed by atoms with van der Waals surface area (Å²) < 4.78 is 11.9. The third kappa shape index (κ3) is 5.94. The summed E-state index contributed by atoms with van der Waals surface area (Å²) in [5.74, 6) is -1.22. The average molecular weight is 454 g/mol. The summed E-state index contributed by atoms with van der Waals surface area (Å²) in [6.45, 7) is 0.243. The van der Waals surface area contributed by atoms with Crippen LogP contribution in [0.3, 0.4) is 0 Å². The maximum atomic E-state index is 11.6. The number of carbonyl (C=O) groups excluding carboxylic acids is 2. The molecule has 0 aliphatic rings. The molecule has 2 aromatic rings. The van der Waals surface area contributed by atoms with E-state index in [9.17, 15) is 9.59 Å². The SMILES string of the molecule is O=C(/C=C/C(=O)OCc1ccccc1Br)OCc1ccccc1Br. The van der Waals surface area contributed by atoms with E-state index in [0.717, 1.165) is 32.2 Å². The molecule has 4 nitrogen and oxygen atoms in total. The van der Waals surface area contributed by atoms with Crippen molar-refractivity contribution in [3.8, 4) is 0 Å². The van der Waals surface area contributed by atoms with Crippen LogP contribution in [-0.4, -0.2) is 11.9 Å². The molecule has 0 saturated carbocycles. The Balaban J connectivity index is 1.78. The second-order valence-electron chi connectivity index (χ2n) is 4.73. The standard InChI is InChI=1S/C18H14Br2O4/c19-15-7-3-1-5-13(15)11-23-17(21)9-10-18(22)24-12-14-6-2-4-8-16(14)20/h1-10H,11-12H2/b10-9+. The van der Waals surface area contributed by atoms with E-state index in [1.54, 1.807) is 0 Å². The molecule has 0 aromatic heterocycles. The molecule has 0 aliphatic carbocycles. The zero-order chi connectivity index (χ0) is 17.4. The van der Waals surface area contributed by atoms with Gasteiger partial charge in [-0.3, -0.25) is 0 Å². The summed E-state index contributed by atoms with van der Waals surface area (Å²) in [5.41, 5.74) is 1.69. The Bertz CT molecular complexity index is 693. The van der Waals surface area contributed by atoms with Gasteiger partial charge in [0.2, 0.25) is 0 Å². The van der Waals surface area contributed by atoms with Crippen molar-refractivity contribution in [2.45, 2.75) is 13.2 Å². The molecule has 124 valence electrons. The van der Waals surface area contributed by atoms with Crippen LogP contribution in [0.1, 0.15) is 11.1 Å². The molecule has 24 heavy (non-hydrogen) atoms. The molecule has 0 radical (unpaired) electrons. The Morgan fingerprint density at radius 1 is 0.750 bits per heavy atom. The second kappa shape index (κ2) is 9.39. The van der Waals surface area contributed by atoms with Gasteiger partial charge in [0.1, 0.15) is 13.2 Å². The van der Waals surface area contributed by atoms with Crippen LogP contribution in [-0.2, 0) is 32.3 Å². The monoisotopic (exact) mass is 452 g/mol. The van der Waals surface area contributed by atoms with E-state index in [-0.39, 0.29) is 13.2 Å². The Kier molecular flexibility index (Phi) is 7.21. The van der Waals surface area contributed by atoms with Crippen molar-refractivity contribution >= 4 is 43.8 Å². The highest BCUT2D eigenvalue weighted by Gasteiger charge is 2.05. The van der Waals surface area contributed by atoms with Crippen LogP contribution in [0.25, 0.3) is 0 Å². The van der Waals surface area contributed by atoms with Crippen LogP contribution in [0, 0.1) is 0 Å². The third-order valence-corrected chi connectivity index (χ3v) is 4.56. The summed E-state index contributed by atoms with van der Waals surface area (Å²) in [4.78, 5) is 23.2. The lowest BCUT2D eigenvalue weighted by molar-refractivity contribution is -0.141. The Hall–Kier alpha value is -1.92. The first kappa shape index (κ1) is 18.4. The highest BCUT2D eigenvalue weighted by atomic mass is 79.9. The van der Waals surface area contributed by atoms with E-state index in [1.807, 2.05) is 48.5 Å². The predicted octanol–water partition coefficient (Wildman–Crippen LogP) is 4.55. The lowest BCUT2D eigenvalue weighted by Crippen LogP contribution is -2.05. The number of hydrogen-bond donors (Lipinski definition) is 0. The molecule has 0 aliphatic heterocycles. The summed E-state index contributed by atoms with van der Waals surface area (Å²) in [7, 11) is 0. The largest absolute Gasteiger partial charge is 0.458 e. The van der Waals surface area contributed by atoms with Crippen LogP contribution in [0.5, 0.6) is 0 Å². The minimum Gasteiger partial charge on any atom is -0.458 e. The lowest BCUT2D eigenvalue weighted by Gasteiger charge is -2.05. The van der Waals surface area contributed by atoms with Crippen molar-refractivity contribution < 1.29 is 19.1 Å². The maximum Gasteiger partial charge on any atom is 0.331 e. The van der Waals surface area contributed by atoms with Gasteiger partial charge in [-0.05, 0) is 12.1 Å². The molecule has 0 saturated heterocycles. The summed E-state index contributed by atoms with van der Waals surface area (Å²) in [6, 6.07) is 14.8. The molecule has 6 heteroatoms. The van der Waals surface area contributed by atoms with Crippen molar-refractivity contribution in [2.75, 3.05) is 0 Å². The minimum absolute atomic E-state index is 0.122. The molecule has 0 spiro atoms. The summed E-state index contributed by atoms with van der Waals surface area (Å²) >= 11 is 6.74. The highest BCUT2D eigenvalue weighted by Crippen LogP contribution is 2.17. The van der Waals surface area contributed by atoms with Crippen molar-refractivity contribution in [3.05, 3.63) is 80.8 Å². The van der Waals surface area contributed by atoms with E-state index >= 15 is 0 Å². The molecule has 2 aromatic carbocycles. The van der Waals surface area contributed by atoms with Gasteiger partial charge in [0.05, 0.1) is 0 Å². The Labute approximate surface area is 156 Å². The molecular weight excluding hydrogens is 440 g/mol. The van der Waals surface area contributed by atoms with E-state index in [1.165, 1.54) is 0 Å². The number of benzene rings is 2. The predicted molar refractivity (Wildman–Crippen MR) is 97.0 cm³/mol. The van der Waals surface area contributed by atoms with E-state index in [0.29, 0.717) is 0 Å². The normalized spacial score (nSPS) is 10.6. The lowest BCUT2D eigenvalue weighted by atomic mass is 10.2. The van der Waals surface area contributed by atoms with Crippen molar-refractivity contribution in [1.82, 2.24) is 0 Å². The number of ether oxygens (including phenoxy) is 2. The van der Waals surface area contributed by atoms with Crippen LogP contribution in [0.15, 0.2) is 69.6 Å². The Morgan fingerprint density at radius 2 is 1.12 bits per heavy atom. The molecule has 0 atom stereocenters. The van der Waals surface area contributed by atoms with Gasteiger partial charge in [-0.15, -0.1) is 0 Å². The fourth-order valence-electron chi connectivity index (χ4n) is 1.76. The molecule has 0 fully saturated rings. The second-order valence-corrected chi connectivity index (χ2v) is 6.44. The molecule has 0 heterocycles. The van der Waals surface area contributed by atoms with Crippen LogP contribution in [0.4, 0.5) is 0 Å². The fourth-order valence-corrected chi connectivity index (χ4v) is 2.56. The van der Waals surface area contributed by atoms with Crippen molar-refractivity contribution in [3.63, 3.8) is 0 Å². The van der Waals surface area contributed by atoms with Crippen LogP contribution in [0.2, 0.25) is 0 Å². The molecule has 2 rings (SSSR count). The van der Waals surface area contributed by atoms with Gasteiger partial charge in [-0.1, -0.05) is 68.3 Å². The average Bonchev–Trinajstić information content (AvgIpc) is 2.58. The number of rotatable bonds is 6. The summed E-state index contributed by atoms with van der Waals surface area (Å²) in [6.07, 6.45) is 2.11. The van der Waals surface area contributed by atoms with Crippen LogP contribution < -0.4 is 0 Å². The molecule has 0 amide bonds. The van der Waals surface area contributed by atoms with Gasteiger partial charge in [0.25, 0.3) is 0 Å². The molecule has 0 N–H and O–H groups in total. The number of hydrogen-bond acceptors (Lipinski definition) is 4. The molecule has 0 bridgehead atoms. The van der Waals surface area contributed by atoms with Gasteiger partial charge in [0, 0.05) is 32.2 Å². The summed E-state index contributed by atoms with van der Waals surface area (Å²) in [5, 5.41) is 0. The molecule has 0 unspecified atom stereocenters. The number of halogens is 2. The van der Waals surface area contributed by atoms with E-state index < -0.39 is 11.9 Å². The molecular formula is C18H14Br2O4. The van der Waals surface area contributed by atoms with E-state index in [2.05, 4.69) is 31.9 Å². The minimum atomic E-state index is -0.608. The van der Waals surface area contributed by atoms with Gasteiger partial charge < -0.3 is 9.47 Å². The topological polar surface area (TPSA) is 52.6 Å². The van der Waals surface area contributed by atoms with Crippen molar-refractivity contribution in [2.24, 2.45) is 0 Å².